The van der Waals surface area contributed by atoms with Crippen LogP contribution in [-0.2, 0) is 11.8 Å². The minimum atomic E-state index is -0.925. The van der Waals surface area contributed by atoms with Crippen molar-refractivity contribution in [2.75, 3.05) is 13.1 Å². The van der Waals surface area contributed by atoms with E-state index in [1.54, 1.807) is 6.07 Å². The number of hydrogen-bond donors (Lipinski definition) is 4. The van der Waals surface area contributed by atoms with Gasteiger partial charge >= 0.3 is 0 Å². The molecular weight excluding hydrogens is 354 g/mol. The molecule has 6 N–H and O–H groups in total. The molecule has 1 heterocycles. The van der Waals surface area contributed by atoms with Gasteiger partial charge < -0.3 is 21.7 Å². The van der Waals surface area contributed by atoms with Gasteiger partial charge in [-0.05, 0) is 69.0 Å². The second-order valence-corrected chi connectivity index (χ2v) is 9.63. The van der Waals surface area contributed by atoms with Crippen molar-refractivity contribution < 1.29 is 15.0 Å². The average molecular weight is 386 g/mol. The number of nitrogens with zero attached hydrogens (tertiary/aromatic N) is 1. The Bertz CT molecular complexity index is 823. The van der Waals surface area contributed by atoms with Gasteiger partial charge in [-0.15, -0.1) is 0 Å². The first-order valence-electron chi connectivity index (χ1n) is 10.7. The first-order chi connectivity index (χ1) is 13.4. The number of amides is 1. The van der Waals surface area contributed by atoms with Crippen LogP contribution >= 0.6 is 0 Å². The van der Waals surface area contributed by atoms with Crippen LogP contribution in [0.25, 0.3) is 0 Å². The molecule has 1 aromatic rings. The zero-order chi connectivity index (χ0) is 19.7. The van der Waals surface area contributed by atoms with Crippen molar-refractivity contribution in [2.45, 2.75) is 74.5 Å². The van der Waals surface area contributed by atoms with Crippen LogP contribution in [0.15, 0.2) is 12.1 Å². The minimum absolute atomic E-state index is 0.0123. The summed E-state index contributed by atoms with van der Waals surface area (Å²) in [7, 11) is 0. The Labute approximate surface area is 165 Å². The van der Waals surface area contributed by atoms with E-state index in [0.29, 0.717) is 19.3 Å². The van der Waals surface area contributed by atoms with E-state index in [9.17, 15) is 15.0 Å². The summed E-state index contributed by atoms with van der Waals surface area (Å²) in [5.74, 6) is 0.0716. The third-order valence-corrected chi connectivity index (χ3v) is 8.29. The highest BCUT2D eigenvalue weighted by Crippen LogP contribution is 2.60. The molecule has 3 aliphatic carbocycles. The molecule has 1 saturated heterocycles. The molecular formula is C22H31N3O3. The van der Waals surface area contributed by atoms with Crippen molar-refractivity contribution in [1.29, 1.82) is 0 Å². The van der Waals surface area contributed by atoms with E-state index in [1.165, 1.54) is 19.3 Å². The van der Waals surface area contributed by atoms with Crippen molar-refractivity contribution in [1.82, 2.24) is 4.90 Å². The van der Waals surface area contributed by atoms with Gasteiger partial charge in [0, 0.05) is 29.6 Å². The predicted octanol–water partition coefficient (Wildman–Crippen LogP) is 1.40. The van der Waals surface area contributed by atoms with Gasteiger partial charge in [-0.2, -0.15) is 0 Å². The molecule has 1 unspecified atom stereocenters. The number of fused-ring (bicyclic) bond motifs is 1. The van der Waals surface area contributed by atoms with Gasteiger partial charge in [0.15, 0.2) is 0 Å². The highest BCUT2D eigenvalue weighted by molar-refractivity contribution is 5.96. The molecule has 4 atom stereocenters. The highest BCUT2D eigenvalue weighted by atomic mass is 16.3. The molecule has 2 bridgehead atoms. The molecule has 6 heteroatoms. The van der Waals surface area contributed by atoms with E-state index in [-0.39, 0.29) is 23.4 Å². The molecule has 0 aromatic heterocycles. The second kappa shape index (κ2) is 6.18. The third-order valence-electron chi connectivity index (χ3n) is 8.29. The van der Waals surface area contributed by atoms with Gasteiger partial charge in [0.2, 0.25) is 0 Å². The Kier molecular flexibility index (Phi) is 4.06. The molecule has 5 rings (SSSR count). The number of primary amides is 1. The van der Waals surface area contributed by atoms with E-state index in [1.807, 2.05) is 6.07 Å². The van der Waals surface area contributed by atoms with E-state index in [4.69, 9.17) is 11.5 Å². The number of carbonyl (C=O) groups excluding carboxylic acids is 1. The van der Waals surface area contributed by atoms with E-state index in [2.05, 4.69) is 4.90 Å². The fourth-order valence-electron chi connectivity index (χ4n) is 6.68. The van der Waals surface area contributed by atoms with Crippen molar-refractivity contribution in [3.05, 3.63) is 28.8 Å². The monoisotopic (exact) mass is 385 g/mol. The number of likely N-dealkylation sites (tertiary alicyclic amines) is 1. The Morgan fingerprint density at radius 3 is 2.71 bits per heavy atom. The number of hydrogen-bond acceptors (Lipinski definition) is 5. The van der Waals surface area contributed by atoms with Gasteiger partial charge in [0.25, 0.3) is 5.91 Å². The Hall–Kier alpha value is -1.63. The van der Waals surface area contributed by atoms with Gasteiger partial charge in [-0.25, -0.2) is 0 Å². The van der Waals surface area contributed by atoms with Crippen LogP contribution in [0.4, 0.5) is 0 Å². The fourth-order valence-corrected chi connectivity index (χ4v) is 6.68. The number of nitrogens with two attached hydrogens (primary N) is 2. The molecule has 1 aliphatic heterocycles. The lowest BCUT2D eigenvalue weighted by atomic mass is 9.48. The second-order valence-electron chi connectivity index (χ2n) is 9.63. The Morgan fingerprint density at radius 1 is 1.25 bits per heavy atom. The molecule has 152 valence electrons. The summed E-state index contributed by atoms with van der Waals surface area (Å²) < 4.78 is 0. The number of aliphatic hydroxyl groups is 1. The molecule has 2 saturated carbocycles. The van der Waals surface area contributed by atoms with Crippen LogP contribution in [0.3, 0.4) is 0 Å². The van der Waals surface area contributed by atoms with Crippen molar-refractivity contribution in [3.63, 3.8) is 0 Å². The lowest BCUT2D eigenvalue weighted by molar-refractivity contribution is -0.172. The predicted molar refractivity (Wildman–Crippen MR) is 106 cm³/mol. The van der Waals surface area contributed by atoms with Crippen LogP contribution in [0.2, 0.25) is 0 Å². The summed E-state index contributed by atoms with van der Waals surface area (Å²) in [5.41, 5.74) is 12.3. The smallest absolute Gasteiger partial charge is 0.252 e. The van der Waals surface area contributed by atoms with Crippen LogP contribution < -0.4 is 11.5 Å². The van der Waals surface area contributed by atoms with Crippen LogP contribution in [0, 0.1) is 5.92 Å². The van der Waals surface area contributed by atoms with E-state index in [0.717, 1.165) is 43.0 Å². The number of carbonyl (C=O) groups is 1. The molecule has 28 heavy (non-hydrogen) atoms. The first-order valence-corrected chi connectivity index (χ1v) is 10.7. The van der Waals surface area contributed by atoms with Gasteiger partial charge in [0.1, 0.15) is 5.75 Å². The maximum absolute atomic E-state index is 12.1. The summed E-state index contributed by atoms with van der Waals surface area (Å²) in [6.07, 6.45) is 7.41. The lowest BCUT2D eigenvalue weighted by Gasteiger charge is -2.65. The first kappa shape index (κ1) is 18.4. The van der Waals surface area contributed by atoms with Crippen LogP contribution in [-0.4, -0.2) is 51.8 Å². The molecule has 0 spiro atoms. The Balaban J connectivity index is 1.65. The topological polar surface area (TPSA) is 113 Å². The zero-order valence-corrected chi connectivity index (χ0v) is 16.4. The molecule has 3 fully saturated rings. The van der Waals surface area contributed by atoms with E-state index < -0.39 is 16.9 Å². The molecule has 1 aromatic carbocycles. The van der Waals surface area contributed by atoms with Crippen molar-refractivity contribution in [2.24, 2.45) is 17.4 Å². The van der Waals surface area contributed by atoms with Gasteiger partial charge in [-0.3, -0.25) is 9.69 Å². The van der Waals surface area contributed by atoms with Crippen molar-refractivity contribution >= 4 is 5.91 Å². The zero-order valence-electron chi connectivity index (χ0n) is 16.4. The summed E-state index contributed by atoms with van der Waals surface area (Å²) in [5, 5.41) is 23.2. The van der Waals surface area contributed by atoms with Crippen molar-refractivity contribution in [3.8, 4) is 5.75 Å². The van der Waals surface area contributed by atoms with Crippen LogP contribution in [0.1, 0.15) is 66.4 Å². The van der Waals surface area contributed by atoms with E-state index >= 15 is 0 Å². The van der Waals surface area contributed by atoms with Gasteiger partial charge in [0.05, 0.1) is 11.2 Å². The third kappa shape index (κ3) is 2.34. The largest absolute Gasteiger partial charge is 0.507 e. The summed E-state index contributed by atoms with van der Waals surface area (Å²) in [6, 6.07) is 3.59. The summed E-state index contributed by atoms with van der Waals surface area (Å²) in [4.78, 5) is 14.4. The molecule has 1 amide bonds. The van der Waals surface area contributed by atoms with Gasteiger partial charge in [-0.1, -0.05) is 12.5 Å². The molecule has 4 aliphatic rings. The highest BCUT2D eigenvalue weighted by Gasteiger charge is 2.65. The lowest BCUT2D eigenvalue weighted by Crippen LogP contribution is -2.74. The normalized spacial score (nSPS) is 37.6. The number of benzene rings is 1. The standard InChI is InChI=1S/C22H31N3O3/c23-15-6-7-22(28)17-10-14-4-5-16(20(24)27)19(26)18(14)21(22,11-15)8-9-25(17)12-13-2-1-3-13/h4-5,13,15,17,26,28H,1-3,6-12,23H2,(H2,24,27)/t15?,17-,21-,22-/m1/s1. The quantitative estimate of drug-likeness (QED) is 0.628. The maximum atomic E-state index is 12.1. The average Bonchev–Trinajstić information content (AvgIpc) is 2.59. The molecule has 6 nitrogen and oxygen atoms in total. The summed E-state index contributed by atoms with van der Waals surface area (Å²) in [6.45, 7) is 1.95. The number of piperidine rings is 1. The van der Waals surface area contributed by atoms with Crippen LogP contribution in [0.5, 0.6) is 5.75 Å². The fraction of sp³-hybridized carbons (Fsp3) is 0.682. The summed E-state index contributed by atoms with van der Waals surface area (Å²) >= 11 is 0. The SMILES string of the molecule is NC(=O)c1ccc2c(c1O)[C@]13CCN(CC4CCC4)[C@H](C2)[C@]1(O)CCC(N)C3. The Morgan fingerprint density at radius 2 is 2.04 bits per heavy atom. The number of rotatable bonds is 3. The number of aromatic hydroxyl groups is 1. The maximum Gasteiger partial charge on any atom is 0.252 e. The number of phenols is 1. The minimum Gasteiger partial charge on any atom is -0.507 e. The molecule has 0 radical (unpaired) electrons.